The molecule has 0 N–H and O–H groups in total. The number of rotatable bonds is 10. The maximum atomic E-state index is 2.36. The van der Waals surface area contributed by atoms with Crippen molar-refractivity contribution in [2.24, 2.45) is 0 Å². The Labute approximate surface area is 359 Å². The number of anilines is 3. The van der Waals surface area contributed by atoms with Gasteiger partial charge in [0.05, 0.1) is 0 Å². The Morgan fingerprint density at radius 1 is 0.383 bits per heavy atom. The minimum absolute atomic E-state index is 1.11. The van der Waals surface area contributed by atoms with Gasteiger partial charge in [-0.2, -0.15) is 0 Å². The molecule has 0 aliphatic rings. The molecule has 0 unspecified atom stereocenters. The first-order chi connectivity index (χ1) is 29.4. The molecule has 0 bridgehead atoms. The Morgan fingerprint density at radius 3 is 1.18 bits per heavy atom. The van der Waals surface area contributed by atoms with E-state index in [0.717, 1.165) is 17.1 Å². The van der Waals surface area contributed by atoms with E-state index in [1.807, 2.05) is 11.3 Å². The van der Waals surface area contributed by atoms with Crippen LogP contribution in [0.25, 0.3) is 54.8 Å². The van der Waals surface area contributed by atoms with Crippen molar-refractivity contribution in [2.75, 3.05) is 4.90 Å². The molecule has 1 aromatic heterocycles. The van der Waals surface area contributed by atoms with Gasteiger partial charge in [0.2, 0.25) is 0 Å². The number of hydrogen-bond acceptors (Lipinski definition) is 2. The number of para-hydroxylation sites is 2. The highest BCUT2D eigenvalue weighted by Gasteiger charge is 2.24. The van der Waals surface area contributed by atoms with E-state index in [2.05, 4.69) is 245 Å². The van der Waals surface area contributed by atoms with Gasteiger partial charge in [-0.15, -0.1) is 11.3 Å². The molecule has 0 radical (unpaired) electrons. The standard InChI is InChI=1S/C58H47NS/c1-40-25-35-52(42(3)37-40)54(53-36-26-41(2)38-43(53)4)39-44-27-29-47(30-28-44)57-55(45-17-9-5-10-18-45)56(46-19-11-6-12-20-46)58(60-57)48-31-33-51(34-32-48)59(49-21-13-7-14-22-49)50-23-15-8-16-24-50/h5-39H,1-4H3. The monoisotopic (exact) mass is 789 g/mol. The second-order valence-corrected chi connectivity index (χ2v) is 16.6. The van der Waals surface area contributed by atoms with E-state index < -0.39 is 0 Å². The lowest BCUT2D eigenvalue weighted by Gasteiger charge is -2.25. The predicted molar refractivity (Wildman–Crippen MR) is 260 cm³/mol. The van der Waals surface area contributed by atoms with Crippen LogP contribution in [0.4, 0.5) is 17.1 Å². The smallest absolute Gasteiger partial charge is 0.0462 e. The van der Waals surface area contributed by atoms with Crippen LogP contribution in [0.5, 0.6) is 0 Å². The van der Waals surface area contributed by atoms with Gasteiger partial charge in [-0.1, -0.05) is 181 Å². The summed E-state index contributed by atoms with van der Waals surface area (Å²) in [6, 6.07) is 74.9. The Bertz CT molecular complexity index is 2810. The summed E-state index contributed by atoms with van der Waals surface area (Å²) >= 11 is 1.88. The molecule has 290 valence electrons. The average Bonchev–Trinajstić information content (AvgIpc) is 3.69. The lowest BCUT2D eigenvalue weighted by atomic mass is 9.88. The van der Waals surface area contributed by atoms with Gasteiger partial charge in [0, 0.05) is 37.9 Å². The fourth-order valence-corrected chi connectivity index (χ4v) is 9.75. The molecule has 0 saturated heterocycles. The van der Waals surface area contributed by atoms with E-state index in [-0.39, 0.29) is 0 Å². The largest absolute Gasteiger partial charge is 0.311 e. The molecule has 0 aliphatic heterocycles. The van der Waals surface area contributed by atoms with Crippen LogP contribution >= 0.6 is 11.3 Å². The first-order valence-corrected chi connectivity index (χ1v) is 21.5. The van der Waals surface area contributed by atoms with E-state index in [4.69, 9.17) is 0 Å². The molecule has 0 fully saturated rings. The van der Waals surface area contributed by atoms with Crippen LogP contribution in [0, 0.1) is 27.7 Å². The molecule has 8 aromatic carbocycles. The summed E-state index contributed by atoms with van der Waals surface area (Å²) in [5, 5.41) is 0. The SMILES string of the molecule is Cc1ccc(C(=Cc2ccc(-c3sc(-c4ccc(N(c5ccccc5)c5ccccc5)cc4)c(-c4ccccc4)c3-c3ccccc3)cc2)c2ccc(C)cc2C)c(C)c1. The Hall–Kier alpha value is -7.00. The molecule has 0 aliphatic carbocycles. The highest BCUT2D eigenvalue weighted by Crippen LogP contribution is 2.52. The van der Waals surface area contributed by atoms with Gasteiger partial charge in [0.1, 0.15) is 0 Å². The zero-order valence-corrected chi connectivity index (χ0v) is 35.4. The molecule has 1 heterocycles. The summed E-state index contributed by atoms with van der Waals surface area (Å²) < 4.78 is 0. The van der Waals surface area contributed by atoms with Crippen molar-refractivity contribution >= 4 is 40.0 Å². The van der Waals surface area contributed by atoms with Gasteiger partial charge < -0.3 is 4.90 Å². The topological polar surface area (TPSA) is 3.24 Å². The Kier molecular flexibility index (Phi) is 11.0. The predicted octanol–water partition coefficient (Wildman–Crippen LogP) is 16.7. The summed E-state index contributed by atoms with van der Waals surface area (Å²) in [4.78, 5) is 4.83. The van der Waals surface area contributed by atoms with E-state index >= 15 is 0 Å². The molecule has 1 nitrogen and oxygen atoms in total. The summed E-state index contributed by atoms with van der Waals surface area (Å²) in [6.45, 7) is 8.78. The second kappa shape index (κ2) is 17.1. The molecule has 60 heavy (non-hydrogen) atoms. The fraction of sp³-hybridized carbons (Fsp3) is 0.0690. The van der Waals surface area contributed by atoms with Crippen LogP contribution in [0.3, 0.4) is 0 Å². The molecule has 0 amide bonds. The fourth-order valence-electron chi connectivity index (χ4n) is 8.39. The molecule has 0 spiro atoms. The molecular formula is C58H47NS. The van der Waals surface area contributed by atoms with Crippen molar-refractivity contribution < 1.29 is 0 Å². The van der Waals surface area contributed by atoms with Gasteiger partial charge in [-0.3, -0.25) is 0 Å². The Balaban J connectivity index is 1.18. The summed E-state index contributed by atoms with van der Waals surface area (Å²) in [5.74, 6) is 0. The quantitative estimate of drug-likeness (QED) is 0.125. The van der Waals surface area contributed by atoms with E-state index in [9.17, 15) is 0 Å². The minimum Gasteiger partial charge on any atom is -0.311 e. The molecular weight excluding hydrogens is 743 g/mol. The van der Waals surface area contributed by atoms with Gasteiger partial charge in [0.25, 0.3) is 0 Å². The summed E-state index contributed by atoms with van der Waals surface area (Å²) in [6.07, 6.45) is 2.36. The van der Waals surface area contributed by atoms with Crippen molar-refractivity contribution in [1.29, 1.82) is 0 Å². The first-order valence-electron chi connectivity index (χ1n) is 20.7. The second-order valence-electron chi connectivity index (χ2n) is 15.6. The van der Waals surface area contributed by atoms with Crippen LogP contribution in [0.1, 0.15) is 38.9 Å². The van der Waals surface area contributed by atoms with E-state index in [1.165, 1.54) is 87.7 Å². The van der Waals surface area contributed by atoms with Gasteiger partial charge in [-0.05, 0) is 126 Å². The van der Waals surface area contributed by atoms with Crippen molar-refractivity contribution in [3.8, 4) is 43.1 Å². The summed E-state index contributed by atoms with van der Waals surface area (Å²) in [5.41, 5.74) is 20.8. The zero-order valence-electron chi connectivity index (χ0n) is 34.6. The number of nitrogens with zero attached hydrogens (tertiary/aromatic N) is 1. The van der Waals surface area contributed by atoms with Crippen molar-refractivity contribution in [3.63, 3.8) is 0 Å². The van der Waals surface area contributed by atoms with Gasteiger partial charge in [0.15, 0.2) is 0 Å². The maximum absolute atomic E-state index is 2.36. The molecule has 0 saturated carbocycles. The van der Waals surface area contributed by atoms with Crippen LogP contribution in [-0.4, -0.2) is 0 Å². The van der Waals surface area contributed by atoms with Crippen molar-refractivity contribution in [1.82, 2.24) is 0 Å². The minimum atomic E-state index is 1.11. The number of benzene rings is 8. The van der Waals surface area contributed by atoms with Gasteiger partial charge in [-0.25, -0.2) is 0 Å². The highest BCUT2D eigenvalue weighted by molar-refractivity contribution is 7.20. The average molecular weight is 790 g/mol. The number of aryl methyl sites for hydroxylation is 4. The van der Waals surface area contributed by atoms with E-state index in [0.29, 0.717) is 0 Å². The van der Waals surface area contributed by atoms with Crippen LogP contribution in [0.15, 0.2) is 206 Å². The van der Waals surface area contributed by atoms with Crippen molar-refractivity contribution in [3.05, 3.63) is 245 Å². The lowest BCUT2D eigenvalue weighted by Crippen LogP contribution is -2.09. The Morgan fingerprint density at radius 2 is 0.767 bits per heavy atom. The normalized spacial score (nSPS) is 11.0. The summed E-state index contributed by atoms with van der Waals surface area (Å²) in [7, 11) is 0. The highest BCUT2D eigenvalue weighted by atomic mass is 32.1. The number of hydrogen-bond donors (Lipinski definition) is 0. The van der Waals surface area contributed by atoms with Crippen LogP contribution in [0.2, 0.25) is 0 Å². The van der Waals surface area contributed by atoms with Gasteiger partial charge >= 0.3 is 0 Å². The van der Waals surface area contributed by atoms with Crippen LogP contribution in [-0.2, 0) is 0 Å². The third-order valence-corrected chi connectivity index (χ3v) is 12.6. The number of thiophene rings is 1. The molecule has 0 atom stereocenters. The third-order valence-electron chi connectivity index (χ3n) is 11.3. The molecule has 9 aromatic rings. The maximum Gasteiger partial charge on any atom is 0.0462 e. The lowest BCUT2D eigenvalue weighted by molar-refractivity contribution is 1.28. The third kappa shape index (κ3) is 7.91. The zero-order chi connectivity index (χ0) is 41.0. The van der Waals surface area contributed by atoms with Crippen molar-refractivity contribution in [2.45, 2.75) is 27.7 Å². The molecule has 9 rings (SSSR count). The van der Waals surface area contributed by atoms with E-state index in [1.54, 1.807) is 0 Å². The first kappa shape index (κ1) is 38.5. The molecule has 2 heteroatoms. The van der Waals surface area contributed by atoms with Crippen LogP contribution < -0.4 is 4.90 Å².